The highest BCUT2D eigenvalue weighted by molar-refractivity contribution is 6.03. The van der Waals surface area contributed by atoms with Crippen LogP contribution in [0.1, 0.15) is 73.6 Å². The van der Waals surface area contributed by atoms with Crippen molar-refractivity contribution in [3.05, 3.63) is 82.7 Å². The molecule has 0 saturated heterocycles. The van der Waals surface area contributed by atoms with Crippen LogP contribution in [0.5, 0.6) is 0 Å². The van der Waals surface area contributed by atoms with E-state index < -0.39 is 11.3 Å². The van der Waals surface area contributed by atoms with Crippen molar-refractivity contribution in [3.63, 3.8) is 0 Å². The second-order valence-electron chi connectivity index (χ2n) is 12.3. The van der Waals surface area contributed by atoms with Gasteiger partial charge >= 0.3 is 0 Å². The van der Waals surface area contributed by atoms with E-state index in [1.807, 2.05) is 44.2 Å². The number of halogens is 1. The fourth-order valence-corrected chi connectivity index (χ4v) is 6.04. The second-order valence-corrected chi connectivity index (χ2v) is 12.3. The average molecular weight is 556 g/mol. The minimum absolute atomic E-state index is 0.0232. The van der Waals surface area contributed by atoms with E-state index in [9.17, 15) is 19.1 Å². The first-order chi connectivity index (χ1) is 19.7. The Labute approximate surface area is 238 Å². The lowest BCUT2D eigenvalue weighted by atomic mass is 9.59. The molecule has 3 aliphatic rings. The molecule has 0 bridgehead atoms. The molecule has 3 heterocycles. The number of pyridine rings is 1. The number of nitrogens with zero attached hydrogens (tertiary/aromatic N) is 2. The zero-order valence-electron chi connectivity index (χ0n) is 23.3. The number of aliphatic hydroxyl groups is 1. The smallest absolute Gasteiger partial charge is 0.269 e. The van der Waals surface area contributed by atoms with Gasteiger partial charge in [0, 0.05) is 59.5 Å². The molecule has 1 atom stereocenters. The largest absolute Gasteiger partial charge is 0.396 e. The summed E-state index contributed by atoms with van der Waals surface area (Å²) in [7, 11) is 0. The van der Waals surface area contributed by atoms with Crippen molar-refractivity contribution in [2.45, 2.75) is 51.9 Å². The van der Waals surface area contributed by atoms with E-state index in [4.69, 9.17) is 0 Å². The number of rotatable bonds is 7. The molecular formula is C32H34FN5O3. The topological polar surface area (TPSA) is 120 Å². The monoisotopic (exact) mass is 555 g/mol. The van der Waals surface area contributed by atoms with Gasteiger partial charge in [0.05, 0.1) is 5.69 Å². The standard InChI is InChI=1S/C32H34FN5O3/c1-31(2,18-39)17-35-30(41)28-27-23(10-9-22-8-7-20(16-34-22)19-5-3-6-21(33)13-19)26-24(36-29(27)38-37-28)14-32(11-4-12-32)15-25(26)40/h3,5-10,13,16,23,39H,4,11-12,14-15,17-18H2,1-2H3,(H,35,41)(H2,36,37,38)/b10-9+. The van der Waals surface area contributed by atoms with Gasteiger partial charge in [-0.1, -0.05) is 44.5 Å². The second kappa shape index (κ2) is 10.4. The fourth-order valence-electron chi connectivity index (χ4n) is 6.04. The normalized spacial score (nSPS) is 19.5. The number of amides is 1. The van der Waals surface area contributed by atoms with Crippen LogP contribution in [0.4, 0.5) is 10.2 Å². The molecule has 1 aliphatic heterocycles. The third-order valence-electron chi connectivity index (χ3n) is 8.61. The minimum Gasteiger partial charge on any atom is -0.396 e. The van der Waals surface area contributed by atoms with E-state index in [-0.39, 0.29) is 41.8 Å². The van der Waals surface area contributed by atoms with Crippen LogP contribution >= 0.6 is 0 Å². The van der Waals surface area contributed by atoms with Gasteiger partial charge in [0.15, 0.2) is 11.6 Å². The number of ketones is 1. The maximum atomic E-state index is 13.7. The van der Waals surface area contributed by atoms with E-state index >= 15 is 0 Å². The number of hydrogen-bond donors (Lipinski definition) is 4. The SMILES string of the molecule is CC(C)(CO)CNC(=O)c1[nH]nc2c1C(/C=C/c1ccc(-c3cccc(F)c3)cn1)C1=C(CC3(CCC3)CC1=O)N2. The van der Waals surface area contributed by atoms with E-state index in [2.05, 4.69) is 25.8 Å². The Morgan fingerprint density at radius 1 is 1.22 bits per heavy atom. The lowest BCUT2D eigenvalue weighted by Crippen LogP contribution is -2.40. The number of aliphatic hydroxyl groups excluding tert-OH is 1. The average Bonchev–Trinajstić information content (AvgIpc) is 3.37. The number of allylic oxidation sites excluding steroid dienone is 3. The molecule has 1 fully saturated rings. The molecular weight excluding hydrogens is 521 g/mol. The molecule has 1 aromatic carbocycles. The Morgan fingerprint density at radius 2 is 2.05 bits per heavy atom. The minimum atomic E-state index is -0.485. The summed E-state index contributed by atoms with van der Waals surface area (Å²) in [5, 5.41) is 23.2. The van der Waals surface area contributed by atoms with Crippen molar-refractivity contribution < 1.29 is 19.1 Å². The molecule has 4 N–H and O–H groups in total. The molecule has 8 nitrogen and oxygen atoms in total. The summed E-state index contributed by atoms with van der Waals surface area (Å²) in [5.41, 5.74) is 4.21. The van der Waals surface area contributed by atoms with Crippen LogP contribution in [0.3, 0.4) is 0 Å². The number of hydrogen-bond acceptors (Lipinski definition) is 6. The molecule has 1 amide bonds. The van der Waals surface area contributed by atoms with Gasteiger partial charge in [-0.2, -0.15) is 5.10 Å². The van der Waals surface area contributed by atoms with Crippen LogP contribution in [0.2, 0.25) is 0 Å². The third-order valence-corrected chi connectivity index (χ3v) is 8.61. The first-order valence-corrected chi connectivity index (χ1v) is 14.1. The summed E-state index contributed by atoms with van der Waals surface area (Å²) in [6.45, 7) is 3.94. The summed E-state index contributed by atoms with van der Waals surface area (Å²) in [5.74, 6) is -0.495. The molecule has 1 unspecified atom stereocenters. The van der Waals surface area contributed by atoms with Crippen LogP contribution in [0.25, 0.3) is 17.2 Å². The number of aromatic amines is 1. The van der Waals surface area contributed by atoms with Crippen molar-refractivity contribution >= 4 is 23.6 Å². The van der Waals surface area contributed by atoms with E-state index in [1.54, 1.807) is 12.3 Å². The van der Waals surface area contributed by atoms with Crippen molar-refractivity contribution in [2.75, 3.05) is 18.5 Å². The van der Waals surface area contributed by atoms with Crippen LogP contribution in [-0.4, -0.2) is 45.1 Å². The number of carbonyl (C=O) groups excluding carboxylic acids is 2. The van der Waals surface area contributed by atoms with Crippen LogP contribution in [0, 0.1) is 16.6 Å². The Kier molecular flexibility index (Phi) is 6.85. The lowest BCUT2D eigenvalue weighted by Gasteiger charge is -2.47. The van der Waals surface area contributed by atoms with Gasteiger partial charge in [-0.3, -0.25) is 19.7 Å². The highest BCUT2D eigenvalue weighted by Gasteiger charge is 2.48. The molecule has 1 saturated carbocycles. The summed E-state index contributed by atoms with van der Waals surface area (Å²) in [4.78, 5) is 31.5. The molecule has 9 heteroatoms. The molecule has 3 aromatic rings. The van der Waals surface area contributed by atoms with E-state index in [0.717, 1.165) is 42.5 Å². The fraction of sp³-hybridized carbons (Fsp3) is 0.375. The lowest BCUT2D eigenvalue weighted by molar-refractivity contribution is -0.120. The zero-order chi connectivity index (χ0) is 28.8. The van der Waals surface area contributed by atoms with Crippen molar-refractivity contribution in [1.82, 2.24) is 20.5 Å². The predicted molar refractivity (Wildman–Crippen MR) is 154 cm³/mol. The Morgan fingerprint density at radius 3 is 2.73 bits per heavy atom. The molecule has 2 aliphatic carbocycles. The maximum absolute atomic E-state index is 13.7. The predicted octanol–water partition coefficient (Wildman–Crippen LogP) is 5.37. The van der Waals surface area contributed by atoms with Gasteiger partial charge in [-0.05, 0) is 54.5 Å². The summed E-state index contributed by atoms with van der Waals surface area (Å²) >= 11 is 0. The summed E-state index contributed by atoms with van der Waals surface area (Å²) < 4.78 is 13.7. The molecule has 6 rings (SSSR count). The maximum Gasteiger partial charge on any atom is 0.269 e. The van der Waals surface area contributed by atoms with Gasteiger partial charge < -0.3 is 15.7 Å². The number of benzene rings is 1. The van der Waals surface area contributed by atoms with Crippen LogP contribution in [0.15, 0.2) is 59.9 Å². The van der Waals surface area contributed by atoms with Crippen molar-refractivity contribution in [3.8, 4) is 11.1 Å². The first-order valence-electron chi connectivity index (χ1n) is 14.1. The highest BCUT2D eigenvalue weighted by atomic mass is 19.1. The number of aromatic nitrogens is 3. The third kappa shape index (κ3) is 5.22. The molecule has 2 aromatic heterocycles. The number of anilines is 1. The highest BCUT2D eigenvalue weighted by Crippen LogP contribution is 2.55. The first kappa shape index (κ1) is 27.1. The number of carbonyl (C=O) groups is 2. The van der Waals surface area contributed by atoms with Gasteiger partial charge in [0.25, 0.3) is 5.91 Å². The van der Waals surface area contributed by atoms with Gasteiger partial charge in [-0.25, -0.2) is 4.39 Å². The zero-order valence-corrected chi connectivity index (χ0v) is 23.3. The van der Waals surface area contributed by atoms with Crippen molar-refractivity contribution in [1.29, 1.82) is 0 Å². The number of Topliss-reactive ketones (excluding diaryl/α,β-unsaturated/α-hetero) is 1. The summed E-state index contributed by atoms with van der Waals surface area (Å²) in [6.07, 6.45) is 9.99. The van der Waals surface area contributed by atoms with Gasteiger partial charge in [0.2, 0.25) is 0 Å². The molecule has 41 heavy (non-hydrogen) atoms. The quantitative estimate of drug-likeness (QED) is 0.311. The van der Waals surface area contributed by atoms with Gasteiger partial charge in [0.1, 0.15) is 11.5 Å². The number of nitrogens with one attached hydrogen (secondary N) is 3. The summed E-state index contributed by atoms with van der Waals surface area (Å²) in [6, 6.07) is 10.1. The Hall–Kier alpha value is -4.11. The molecule has 212 valence electrons. The van der Waals surface area contributed by atoms with Crippen LogP contribution in [-0.2, 0) is 4.79 Å². The van der Waals surface area contributed by atoms with Gasteiger partial charge in [-0.15, -0.1) is 0 Å². The molecule has 0 radical (unpaired) electrons. The number of fused-ring (bicyclic) bond motifs is 1. The van der Waals surface area contributed by atoms with E-state index in [1.165, 1.54) is 12.1 Å². The molecule has 1 spiro atoms. The van der Waals surface area contributed by atoms with Crippen molar-refractivity contribution in [2.24, 2.45) is 10.8 Å². The van der Waals surface area contributed by atoms with Crippen LogP contribution < -0.4 is 10.6 Å². The van der Waals surface area contributed by atoms with E-state index in [0.29, 0.717) is 29.1 Å². The Bertz CT molecular complexity index is 1570. The Balaban J connectivity index is 1.34. The number of H-pyrrole nitrogens is 1.